The van der Waals surface area contributed by atoms with Crippen molar-refractivity contribution in [2.45, 2.75) is 25.9 Å². The molecule has 2 rings (SSSR count). The molecule has 0 aromatic carbocycles. The standard InChI is InChI=1S/C14H20N4O/c1-12(11-19-2)17-14-16-8-10-18(14)9-6-13-5-3-4-7-15-13/h3-5,7-8,10,12H,6,9,11H2,1-2H3,(H,16,17). The molecule has 5 nitrogen and oxygen atoms in total. The number of nitrogens with one attached hydrogen (secondary N) is 1. The SMILES string of the molecule is COCC(C)Nc1nccn1CCc1ccccn1. The number of anilines is 1. The largest absolute Gasteiger partial charge is 0.383 e. The summed E-state index contributed by atoms with van der Waals surface area (Å²) in [6, 6.07) is 6.22. The zero-order valence-electron chi connectivity index (χ0n) is 11.4. The molecule has 0 fully saturated rings. The van der Waals surface area contributed by atoms with Crippen molar-refractivity contribution in [3.8, 4) is 0 Å². The number of imidazole rings is 1. The first kappa shape index (κ1) is 13.5. The predicted octanol–water partition coefficient (Wildman–Crippen LogP) is 1.97. The third-order valence-electron chi connectivity index (χ3n) is 2.84. The van der Waals surface area contributed by atoms with E-state index in [1.165, 1.54) is 0 Å². The van der Waals surface area contributed by atoms with Crippen LogP contribution in [-0.4, -0.2) is 34.3 Å². The number of nitrogens with zero attached hydrogens (tertiary/aromatic N) is 3. The van der Waals surface area contributed by atoms with Crippen LogP contribution in [0.2, 0.25) is 0 Å². The van der Waals surface area contributed by atoms with E-state index < -0.39 is 0 Å². The second-order valence-electron chi connectivity index (χ2n) is 4.52. The molecule has 0 aliphatic heterocycles. The van der Waals surface area contributed by atoms with Gasteiger partial charge in [-0.1, -0.05) is 6.07 Å². The fraction of sp³-hybridized carbons (Fsp3) is 0.429. The molecule has 0 amide bonds. The van der Waals surface area contributed by atoms with Crippen molar-refractivity contribution in [2.24, 2.45) is 0 Å². The van der Waals surface area contributed by atoms with Crippen LogP contribution in [0.15, 0.2) is 36.8 Å². The fourth-order valence-electron chi connectivity index (χ4n) is 1.92. The average Bonchev–Trinajstić information content (AvgIpc) is 2.85. The third kappa shape index (κ3) is 4.06. The highest BCUT2D eigenvalue weighted by atomic mass is 16.5. The minimum absolute atomic E-state index is 0.237. The maximum atomic E-state index is 5.11. The topological polar surface area (TPSA) is 52.0 Å². The van der Waals surface area contributed by atoms with E-state index in [0.717, 1.165) is 24.6 Å². The Kier molecular flexibility index (Phi) is 4.92. The molecule has 1 N–H and O–H groups in total. The van der Waals surface area contributed by atoms with Crippen molar-refractivity contribution in [3.05, 3.63) is 42.5 Å². The Morgan fingerprint density at radius 1 is 1.32 bits per heavy atom. The molecule has 102 valence electrons. The second kappa shape index (κ2) is 6.89. The Balaban J connectivity index is 1.92. The number of hydrogen-bond donors (Lipinski definition) is 1. The van der Waals surface area contributed by atoms with Crippen LogP contribution in [0.4, 0.5) is 5.95 Å². The van der Waals surface area contributed by atoms with E-state index in [1.54, 1.807) is 13.3 Å². The molecule has 1 atom stereocenters. The summed E-state index contributed by atoms with van der Waals surface area (Å²) in [6.45, 7) is 3.59. The maximum absolute atomic E-state index is 5.11. The summed E-state index contributed by atoms with van der Waals surface area (Å²) in [4.78, 5) is 8.65. The maximum Gasteiger partial charge on any atom is 0.203 e. The average molecular weight is 260 g/mol. The van der Waals surface area contributed by atoms with Crippen molar-refractivity contribution < 1.29 is 4.74 Å². The Morgan fingerprint density at radius 2 is 2.21 bits per heavy atom. The van der Waals surface area contributed by atoms with Gasteiger partial charge in [-0.25, -0.2) is 4.98 Å². The predicted molar refractivity (Wildman–Crippen MR) is 75.1 cm³/mol. The van der Waals surface area contributed by atoms with E-state index in [0.29, 0.717) is 6.61 Å². The minimum Gasteiger partial charge on any atom is -0.383 e. The molecule has 2 aromatic rings. The highest BCUT2D eigenvalue weighted by Gasteiger charge is 2.07. The molecular weight excluding hydrogens is 240 g/mol. The second-order valence-corrected chi connectivity index (χ2v) is 4.52. The van der Waals surface area contributed by atoms with Gasteiger partial charge in [-0.3, -0.25) is 4.98 Å². The van der Waals surface area contributed by atoms with E-state index in [2.05, 4.69) is 26.8 Å². The van der Waals surface area contributed by atoms with Gasteiger partial charge in [0.05, 0.1) is 6.61 Å². The van der Waals surface area contributed by atoms with Gasteiger partial charge in [-0.05, 0) is 19.1 Å². The van der Waals surface area contributed by atoms with Crippen LogP contribution in [0, 0.1) is 0 Å². The summed E-state index contributed by atoms with van der Waals surface area (Å²) in [6.07, 6.45) is 6.50. The van der Waals surface area contributed by atoms with E-state index in [-0.39, 0.29) is 6.04 Å². The Hall–Kier alpha value is -1.88. The van der Waals surface area contributed by atoms with Gasteiger partial charge in [0.1, 0.15) is 0 Å². The van der Waals surface area contributed by atoms with E-state index in [1.807, 2.05) is 30.6 Å². The molecule has 2 aromatic heterocycles. The van der Waals surface area contributed by atoms with Gasteiger partial charge in [0.2, 0.25) is 5.95 Å². The van der Waals surface area contributed by atoms with Crippen LogP contribution in [0.1, 0.15) is 12.6 Å². The van der Waals surface area contributed by atoms with E-state index in [4.69, 9.17) is 4.74 Å². The van der Waals surface area contributed by atoms with Crippen molar-refractivity contribution >= 4 is 5.95 Å². The lowest BCUT2D eigenvalue weighted by molar-refractivity contribution is 0.190. The lowest BCUT2D eigenvalue weighted by Crippen LogP contribution is -2.23. The number of aromatic nitrogens is 3. The van der Waals surface area contributed by atoms with Gasteiger partial charge in [-0.15, -0.1) is 0 Å². The summed E-state index contributed by atoms with van der Waals surface area (Å²) in [5.74, 6) is 0.875. The van der Waals surface area contributed by atoms with Gasteiger partial charge in [-0.2, -0.15) is 0 Å². The molecule has 5 heteroatoms. The van der Waals surface area contributed by atoms with Gasteiger partial charge in [0, 0.05) is 50.4 Å². The number of aryl methyl sites for hydroxylation is 2. The molecule has 19 heavy (non-hydrogen) atoms. The van der Waals surface area contributed by atoms with Gasteiger partial charge in [0.25, 0.3) is 0 Å². The summed E-state index contributed by atoms with van der Waals surface area (Å²) in [7, 11) is 1.70. The molecular formula is C14H20N4O. The molecule has 0 saturated carbocycles. The minimum atomic E-state index is 0.237. The monoisotopic (exact) mass is 260 g/mol. The summed E-state index contributed by atoms with van der Waals surface area (Å²) < 4.78 is 7.21. The van der Waals surface area contributed by atoms with E-state index >= 15 is 0 Å². The fourth-order valence-corrected chi connectivity index (χ4v) is 1.92. The van der Waals surface area contributed by atoms with Crippen molar-refractivity contribution in [1.82, 2.24) is 14.5 Å². The molecule has 0 spiro atoms. The first-order valence-corrected chi connectivity index (χ1v) is 6.46. The Morgan fingerprint density at radius 3 is 2.95 bits per heavy atom. The molecule has 0 aliphatic carbocycles. The normalized spacial score (nSPS) is 12.3. The van der Waals surface area contributed by atoms with Crippen LogP contribution in [0.3, 0.4) is 0 Å². The summed E-state index contributed by atoms with van der Waals surface area (Å²) in [5, 5.41) is 3.33. The molecule has 0 bridgehead atoms. The van der Waals surface area contributed by atoms with Crippen molar-refractivity contribution in [2.75, 3.05) is 19.0 Å². The summed E-state index contributed by atoms with van der Waals surface area (Å²) in [5.41, 5.74) is 1.09. The first-order valence-electron chi connectivity index (χ1n) is 6.46. The lowest BCUT2D eigenvalue weighted by Gasteiger charge is -2.15. The number of ether oxygens (including phenoxy) is 1. The summed E-state index contributed by atoms with van der Waals surface area (Å²) >= 11 is 0. The van der Waals surface area contributed by atoms with Gasteiger partial charge in [0.15, 0.2) is 0 Å². The highest BCUT2D eigenvalue weighted by molar-refractivity contribution is 5.27. The van der Waals surface area contributed by atoms with Crippen LogP contribution in [-0.2, 0) is 17.7 Å². The third-order valence-corrected chi connectivity index (χ3v) is 2.84. The molecule has 2 heterocycles. The van der Waals surface area contributed by atoms with E-state index in [9.17, 15) is 0 Å². The molecule has 1 unspecified atom stereocenters. The highest BCUT2D eigenvalue weighted by Crippen LogP contribution is 2.08. The Bertz CT molecular complexity index is 483. The lowest BCUT2D eigenvalue weighted by atomic mass is 10.3. The zero-order valence-corrected chi connectivity index (χ0v) is 11.4. The molecule has 0 radical (unpaired) electrons. The van der Waals surface area contributed by atoms with Gasteiger partial charge < -0.3 is 14.6 Å². The van der Waals surface area contributed by atoms with Crippen LogP contribution in [0.25, 0.3) is 0 Å². The van der Waals surface area contributed by atoms with Crippen molar-refractivity contribution in [3.63, 3.8) is 0 Å². The van der Waals surface area contributed by atoms with Gasteiger partial charge >= 0.3 is 0 Å². The quantitative estimate of drug-likeness (QED) is 0.827. The van der Waals surface area contributed by atoms with Crippen LogP contribution < -0.4 is 5.32 Å². The number of pyridine rings is 1. The first-order chi connectivity index (χ1) is 9.29. The number of rotatable bonds is 7. The number of methoxy groups -OCH3 is 1. The van der Waals surface area contributed by atoms with Crippen molar-refractivity contribution in [1.29, 1.82) is 0 Å². The zero-order chi connectivity index (χ0) is 13.5. The number of hydrogen-bond acceptors (Lipinski definition) is 4. The molecule has 0 aliphatic rings. The Labute approximate surface area is 113 Å². The molecule has 0 saturated heterocycles. The smallest absolute Gasteiger partial charge is 0.203 e. The van der Waals surface area contributed by atoms with Crippen LogP contribution >= 0.6 is 0 Å². The van der Waals surface area contributed by atoms with Crippen LogP contribution in [0.5, 0.6) is 0 Å².